The highest BCUT2D eigenvalue weighted by Gasteiger charge is 2.51. The van der Waals surface area contributed by atoms with Crippen molar-refractivity contribution in [3.63, 3.8) is 0 Å². The first-order valence-electron chi connectivity index (χ1n) is 7.86. The van der Waals surface area contributed by atoms with E-state index < -0.39 is 0 Å². The van der Waals surface area contributed by atoms with Gasteiger partial charge in [0.25, 0.3) is 0 Å². The van der Waals surface area contributed by atoms with Gasteiger partial charge in [0.2, 0.25) is 0 Å². The maximum atomic E-state index is 3.50. The van der Waals surface area contributed by atoms with Crippen molar-refractivity contribution in [2.75, 3.05) is 7.05 Å². The van der Waals surface area contributed by atoms with Gasteiger partial charge < -0.3 is 5.32 Å². The van der Waals surface area contributed by atoms with Crippen LogP contribution in [0.5, 0.6) is 0 Å². The molecule has 1 N–H and O–H groups in total. The molecule has 2 heterocycles. The maximum absolute atomic E-state index is 3.50. The van der Waals surface area contributed by atoms with E-state index in [0.29, 0.717) is 0 Å². The third-order valence-corrected chi connectivity index (χ3v) is 5.57. The molecule has 3 fully saturated rings. The molecule has 2 nitrogen and oxygen atoms in total. The number of nitrogens with one attached hydrogen (secondary N) is 1. The molecule has 0 amide bonds. The molecule has 0 radical (unpaired) electrons. The third-order valence-electron chi connectivity index (χ3n) is 5.57. The highest BCUT2D eigenvalue weighted by atomic mass is 15.3. The summed E-state index contributed by atoms with van der Waals surface area (Å²) < 4.78 is 0. The van der Waals surface area contributed by atoms with Crippen LogP contribution < -0.4 is 5.32 Å². The normalized spacial score (nSPS) is 41.4. The number of hydrogen-bond donors (Lipinski definition) is 1. The molecule has 2 bridgehead atoms. The molecule has 102 valence electrons. The lowest BCUT2D eigenvalue weighted by molar-refractivity contribution is 0.109. The van der Waals surface area contributed by atoms with Gasteiger partial charge in [0.05, 0.1) is 0 Å². The van der Waals surface area contributed by atoms with Crippen molar-refractivity contribution in [3.05, 3.63) is 35.9 Å². The number of nitrogens with zero attached hydrogens (tertiary/aromatic N) is 1. The predicted octanol–water partition coefficient (Wildman–Crippen LogP) is 2.76. The van der Waals surface area contributed by atoms with Gasteiger partial charge in [0.15, 0.2) is 0 Å². The summed E-state index contributed by atoms with van der Waals surface area (Å²) in [7, 11) is 2.13. The lowest BCUT2D eigenvalue weighted by Gasteiger charge is -2.39. The van der Waals surface area contributed by atoms with Crippen molar-refractivity contribution in [2.45, 2.75) is 62.2 Å². The first-order valence-corrected chi connectivity index (χ1v) is 7.86. The first kappa shape index (κ1) is 11.9. The Hall–Kier alpha value is -0.860. The van der Waals surface area contributed by atoms with Crippen LogP contribution in [0.15, 0.2) is 30.3 Å². The predicted molar refractivity (Wildman–Crippen MR) is 78.3 cm³/mol. The lowest BCUT2D eigenvalue weighted by Crippen LogP contribution is -2.49. The van der Waals surface area contributed by atoms with Gasteiger partial charge in [-0.25, -0.2) is 0 Å². The van der Waals surface area contributed by atoms with E-state index in [9.17, 15) is 0 Å². The minimum Gasteiger partial charge on any atom is -0.317 e. The van der Waals surface area contributed by atoms with Crippen LogP contribution in [0.4, 0.5) is 0 Å². The van der Waals surface area contributed by atoms with E-state index in [0.717, 1.165) is 30.1 Å². The van der Waals surface area contributed by atoms with E-state index in [-0.39, 0.29) is 0 Å². The van der Waals surface area contributed by atoms with E-state index in [1.54, 1.807) is 5.56 Å². The van der Waals surface area contributed by atoms with Crippen LogP contribution in [-0.2, 0) is 0 Å². The minimum absolute atomic E-state index is 0.766. The molecule has 4 atom stereocenters. The van der Waals surface area contributed by atoms with Crippen molar-refractivity contribution >= 4 is 0 Å². The number of benzene rings is 1. The SMILES string of the molecule is CNC1CC2CCC(C1)N2C1CC1c1ccccc1. The number of fused-ring (bicyclic) bond motifs is 2. The van der Waals surface area contributed by atoms with Crippen molar-refractivity contribution < 1.29 is 0 Å². The summed E-state index contributed by atoms with van der Waals surface area (Å²) in [4.78, 5) is 2.89. The molecule has 3 aliphatic rings. The molecular weight excluding hydrogens is 232 g/mol. The fourth-order valence-corrected chi connectivity index (χ4v) is 4.56. The Kier molecular flexibility index (Phi) is 2.89. The molecule has 4 unspecified atom stereocenters. The molecule has 2 saturated heterocycles. The summed E-state index contributed by atoms with van der Waals surface area (Å²) in [5, 5.41) is 3.50. The second kappa shape index (κ2) is 4.60. The molecule has 1 aromatic rings. The Morgan fingerprint density at radius 2 is 1.68 bits per heavy atom. The van der Waals surface area contributed by atoms with Crippen LogP contribution in [0.3, 0.4) is 0 Å². The lowest BCUT2D eigenvalue weighted by atomic mass is 9.97. The van der Waals surface area contributed by atoms with Crippen molar-refractivity contribution in [2.24, 2.45) is 0 Å². The number of piperidine rings is 1. The molecule has 2 heteroatoms. The van der Waals surface area contributed by atoms with Crippen LogP contribution in [0.25, 0.3) is 0 Å². The van der Waals surface area contributed by atoms with Gasteiger partial charge in [0.1, 0.15) is 0 Å². The second-order valence-electron chi connectivity index (χ2n) is 6.61. The number of hydrogen-bond acceptors (Lipinski definition) is 2. The smallest absolute Gasteiger partial charge is 0.0177 e. The van der Waals surface area contributed by atoms with Gasteiger partial charge in [-0.3, -0.25) is 4.90 Å². The molecule has 1 aromatic carbocycles. The van der Waals surface area contributed by atoms with E-state index >= 15 is 0 Å². The highest BCUT2D eigenvalue weighted by Crippen LogP contribution is 2.51. The van der Waals surface area contributed by atoms with Crippen LogP contribution in [-0.4, -0.2) is 36.1 Å². The number of rotatable bonds is 3. The third kappa shape index (κ3) is 2.02. The zero-order valence-electron chi connectivity index (χ0n) is 11.8. The van der Waals surface area contributed by atoms with E-state index in [4.69, 9.17) is 0 Å². The standard InChI is InChI=1S/C17H24N2/c1-18-13-9-14-7-8-15(10-13)19(14)17-11-16(17)12-5-3-2-4-6-12/h2-6,13-18H,7-11H2,1H3. The monoisotopic (exact) mass is 256 g/mol. The fraction of sp³-hybridized carbons (Fsp3) is 0.647. The minimum atomic E-state index is 0.766. The van der Waals surface area contributed by atoms with Gasteiger partial charge >= 0.3 is 0 Å². The second-order valence-corrected chi connectivity index (χ2v) is 6.61. The average molecular weight is 256 g/mol. The zero-order chi connectivity index (χ0) is 12.8. The highest BCUT2D eigenvalue weighted by molar-refractivity contribution is 5.28. The van der Waals surface area contributed by atoms with E-state index in [1.807, 2.05) is 0 Å². The summed E-state index contributed by atoms with van der Waals surface area (Å²) >= 11 is 0. The molecule has 0 aromatic heterocycles. The summed E-state index contributed by atoms with van der Waals surface area (Å²) in [5.41, 5.74) is 1.56. The van der Waals surface area contributed by atoms with Crippen molar-refractivity contribution in [1.29, 1.82) is 0 Å². The summed E-state index contributed by atoms with van der Waals surface area (Å²) in [6, 6.07) is 14.5. The van der Waals surface area contributed by atoms with Crippen LogP contribution in [0.1, 0.15) is 43.6 Å². The molecule has 1 saturated carbocycles. The average Bonchev–Trinajstić information content (AvgIpc) is 3.21. The van der Waals surface area contributed by atoms with Crippen molar-refractivity contribution in [3.8, 4) is 0 Å². The molecular formula is C17H24N2. The quantitative estimate of drug-likeness (QED) is 0.894. The van der Waals surface area contributed by atoms with Gasteiger partial charge in [-0.1, -0.05) is 30.3 Å². The summed E-state index contributed by atoms with van der Waals surface area (Å²) in [6.07, 6.45) is 6.99. The van der Waals surface area contributed by atoms with Gasteiger partial charge in [-0.2, -0.15) is 0 Å². The van der Waals surface area contributed by atoms with Crippen LogP contribution >= 0.6 is 0 Å². The van der Waals surface area contributed by atoms with Crippen LogP contribution in [0, 0.1) is 0 Å². The largest absolute Gasteiger partial charge is 0.317 e. The maximum Gasteiger partial charge on any atom is 0.0177 e. The Morgan fingerprint density at radius 1 is 1.00 bits per heavy atom. The molecule has 0 spiro atoms. The van der Waals surface area contributed by atoms with E-state index in [1.165, 1.54) is 32.1 Å². The Morgan fingerprint density at radius 3 is 2.32 bits per heavy atom. The Balaban J connectivity index is 1.48. The Bertz CT molecular complexity index is 430. The summed E-state index contributed by atoms with van der Waals surface area (Å²) in [5.74, 6) is 0.815. The zero-order valence-corrected chi connectivity index (χ0v) is 11.8. The Labute approximate surface area is 116 Å². The topological polar surface area (TPSA) is 15.3 Å². The fourth-order valence-electron chi connectivity index (χ4n) is 4.56. The van der Waals surface area contributed by atoms with Gasteiger partial charge in [0, 0.05) is 30.1 Å². The molecule has 2 aliphatic heterocycles. The van der Waals surface area contributed by atoms with Gasteiger partial charge in [-0.15, -0.1) is 0 Å². The first-order chi connectivity index (χ1) is 9.36. The van der Waals surface area contributed by atoms with E-state index in [2.05, 4.69) is 47.6 Å². The van der Waals surface area contributed by atoms with Gasteiger partial charge in [-0.05, 0) is 44.7 Å². The van der Waals surface area contributed by atoms with Crippen molar-refractivity contribution in [1.82, 2.24) is 10.2 Å². The summed E-state index contributed by atoms with van der Waals surface area (Å²) in [6.45, 7) is 0. The molecule has 19 heavy (non-hydrogen) atoms. The molecule has 1 aliphatic carbocycles. The molecule has 4 rings (SSSR count). The van der Waals surface area contributed by atoms with Crippen LogP contribution in [0.2, 0.25) is 0 Å².